The maximum atomic E-state index is 12.5. The molecule has 4 nitrogen and oxygen atoms in total. The molecule has 0 saturated heterocycles. The van der Waals surface area contributed by atoms with Crippen molar-refractivity contribution < 1.29 is 32.2 Å². The monoisotopic (exact) mass is 290 g/mol. The molecule has 0 bridgehead atoms. The van der Waals surface area contributed by atoms with Gasteiger partial charge in [0.05, 0.1) is 12.0 Å². The fraction of sp³-hybridized carbons (Fsp3) is 0.385. The Morgan fingerprint density at radius 1 is 1.20 bits per heavy atom. The van der Waals surface area contributed by atoms with Gasteiger partial charge in [0.2, 0.25) is 6.29 Å². The average molecular weight is 290 g/mol. The first-order chi connectivity index (χ1) is 9.29. The summed E-state index contributed by atoms with van der Waals surface area (Å²) >= 11 is 0. The van der Waals surface area contributed by atoms with Gasteiger partial charge in [-0.15, -0.1) is 0 Å². The largest absolute Gasteiger partial charge is 0.416 e. The number of carbonyl (C=O) groups excluding carboxylic acids is 2. The van der Waals surface area contributed by atoms with Crippen molar-refractivity contribution in [2.45, 2.75) is 18.9 Å². The molecule has 1 aromatic carbocycles. The average Bonchev–Trinajstić information content (AvgIpc) is 2.39. The van der Waals surface area contributed by atoms with Crippen LogP contribution in [0.25, 0.3) is 0 Å². The highest BCUT2D eigenvalue weighted by molar-refractivity contribution is 6.08. The lowest BCUT2D eigenvalue weighted by molar-refractivity contribution is -0.155. The summed E-state index contributed by atoms with van der Waals surface area (Å²) in [5.74, 6) is -1.38. The number of Topliss-reactive ketones (excluding diaryl/α,β-unsaturated/α-hetero) is 2. The molecule has 1 aromatic rings. The Morgan fingerprint density at radius 2 is 1.80 bits per heavy atom. The molecule has 0 unspecified atom stereocenters. The molecule has 7 heteroatoms. The molecule has 0 spiro atoms. The van der Waals surface area contributed by atoms with Crippen molar-refractivity contribution in [3.8, 4) is 0 Å². The molecule has 0 atom stereocenters. The lowest BCUT2D eigenvalue weighted by Crippen LogP contribution is -2.27. The number of carbonyl (C=O) groups is 2. The number of ketones is 2. The molecule has 110 valence electrons. The van der Waals surface area contributed by atoms with Gasteiger partial charge >= 0.3 is 6.18 Å². The van der Waals surface area contributed by atoms with Crippen molar-refractivity contribution in [1.29, 1.82) is 0 Å². The number of methoxy groups -OCH3 is 2. The molecule has 0 heterocycles. The number of ether oxygens (including phenoxy) is 2. The van der Waals surface area contributed by atoms with Gasteiger partial charge in [-0.2, -0.15) is 13.2 Å². The standard InChI is InChI=1S/C13H13F3O4/c1-19-12(20-2)11(18)7-10(17)8-4-3-5-9(6-8)13(14,15)16/h3-6,12H,7H2,1-2H3. The number of hydrogen-bond acceptors (Lipinski definition) is 4. The van der Waals surface area contributed by atoms with E-state index in [0.29, 0.717) is 6.07 Å². The van der Waals surface area contributed by atoms with E-state index in [1.165, 1.54) is 20.3 Å². The first kappa shape index (κ1) is 16.3. The van der Waals surface area contributed by atoms with Crippen LogP contribution in [0.4, 0.5) is 13.2 Å². The normalized spacial score (nSPS) is 11.7. The third kappa shape index (κ3) is 4.14. The van der Waals surface area contributed by atoms with Crippen molar-refractivity contribution >= 4 is 11.6 Å². The number of halogens is 3. The molecule has 0 amide bonds. The van der Waals surface area contributed by atoms with E-state index < -0.39 is 36.0 Å². The smallest absolute Gasteiger partial charge is 0.349 e. The minimum absolute atomic E-state index is 0.181. The molecule has 0 aliphatic rings. The fourth-order valence-electron chi connectivity index (χ4n) is 1.57. The van der Waals surface area contributed by atoms with Crippen LogP contribution in [0.3, 0.4) is 0 Å². The number of rotatable bonds is 6. The summed E-state index contributed by atoms with van der Waals surface area (Å²) in [5, 5.41) is 0. The first-order valence-corrected chi connectivity index (χ1v) is 5.58. The number of benzene rings is 1. The van der Waals surface area contributed by atoms with Crippen LogP contribution in [-0.4, -0.2) is 32.1 Å². The predicted molar refractivity (Wildman–Crippen MR) is 63.2 cm³/mol. The highest BCUT2D eigenvalue weighted by Gasteiger charge is 2.31. The fourth-order valence-corrected chi connectivity index (χ4v) is 1.57. The second-order valence-electron chi connectivity index (χ2n) is 3.95. The molecule has 0 fully saturated rings. The zero-order valence-corrected chi connectivity index (χ0v) is 10.9. The van der Waals surface area contributed by atoms with Gasteiger partial charge in [-0.3, -0.25) is 9.59 Å². The van der Waals surface area contributed by atoms with E-state index in [1.807, 2.05) is 0 Å². The van der Waals surface area contributed by atoms with Gasteiger partial charge in [-0.25, -0.2) is 0 Å². The molecule has 0 aliphatic heterocycles. The maximum Gasteiger partial charge on any atom is 0.416 e. The summed E-state index contributed by atoms with van der Waals surface area (Å²) in [6, 6.07) is 3.90. The Kier molecular flexibility index (Phi) is 5.41. The van der Waals surface area contributed by atoms with Gasteiger partial charge < -0.3 is 9.47 Å². The van der Waals surface area contributed by atoms with Crippen molar-refractivity contribution in [1.82, 2.24) is 0 Å². The summed E-state index contributed by atoms with van der Waals surface area (Å²) in [6.45, 7) is 0. The van der Waals surface area contributed by atoms with Crippen molar-refractivity contribution in [2.24, 2.45) is 0 Å². The Morgan fingerprint density at radius 3 is 2.30 bits per heavy atom. The summed E-state index contributed by atoms with van der Waals surface area (Å²) in [5.41, 5.74) is -1.12. The van der Waals surface area contributed by atoms with Crippen LogP contribution < -0.4 is 0 Å². The van der Waals surface area contributed by atoms with Crippen LogP contribution in [0.15, 0.2) is 24.3 Å². The molecule has 20 heavy (non-hydrogen) atoms. The number of hydrogen-bond donors (Lipinski definition) is 0. The summed E-state index contributed by atoms with van der Waals surface area (Å²) in [7, 11) is 2.45. The minimum atomic E-state index is -4.54. The van der Waals surface area contributed by atoms with Gasteiger partial charge in [0.15, 0.2) is 11.6 Å². The van der Waals surface area contributed by atoms with Crippen LogP contribution in [-0.2, 0) is 20.4 Å². The summed E-state index contributed by atoms with van der Waals surface area (Å²) < 4.78 is 46.9. The SMILES string of the molecule is COC(OC)C(=O)CC(=O)c1cccc(C(F)(F)F)c1. The summed E-state index contributed by atoms with van der Waals surface area (Å²) in [6.07, 6.45) is -6.33. The molecular formula is C13H13F3O4. The summed E-state index contributed by atoms with van der Waals surface area (Å²) in [4.78, 5) is 23.3. The quantitative estimate of drug-likeness (QED) is 0.459. The van der Waals surface area contributed by atoms with Crippen molar-refractivity contribution in [3.05, 3.63) is 35.4 Å². The van der Waals surface area contributed by atoms with Crippen LogP contribution >= 0.6 is 0 Å². The minimum Gasteiger partial charge on any atom is -0.349 e. The van der Waals surface area contributed by atoms with E-state index in [2.05, 4.69) is 9.47 Å². The highest BCUT2D eigenvalue weighted by Crippen LogP contribution is 2.29. The Hall–Kier alpha value is -1.73. The molecule has 1 rings (SSSR count). The Bertz CT molecular complexity index is 493. The van der Waals surface area contributed by atoms with Gasteiger partial charge in [-0.1, -0.05) is 12.1 Å². The van der Waals surface area contributed by atoms with Crippen LogP contribution in [0.5, 0.6) is 0 Å². The van der Waals surface area contributed by atoms with E-state index in [1.54, 1.807) is 0 Å². The molecule has 0 saturated carbocycles. The van der Waals surface area contributed by atoms with Gasteiger partial charge in [0.25, 0.3) is 0 Å². The maximum absolute atomic E-state index is 12.5. The topological polar surface area (TPSA) is 52.6 Å². The van der Waals surface area contributed by atoms with E-state index in [9.17, 15) is 22.8 Å². The van der Waals surface area contributed by atoms with Crippen LogP contribution in [0.2, 0.25) is 0 Å². The van der Waals surface area contributed by atoms with Gasteiger partial charge in [0.1, 0.15) is 0 Å². The van der Waals surface area contributed by atoms with E-state index in [0.717, 1.165) is 12.1 Å². The van der Waals surface area contributed by atoms with Crippen molar-refractivity contribution in [2.75, 3.05) is 14.2 Å². The van der Waals surface area contributed by atoms with E-state index in [-0.39, 0.29) is 5.56 Å². The lowest BCUT2D eigenvalue weighted by Gasteiger charge is -2.12. The zero-order chi connectivity index (χ0) is 15.3. The second kappa shape index (κ2) is 6.62. The van der Waals surface area contributed by atoms with E-state index >= 15 is 0 Å². The van der Waals surface area contributed by atoms with E-state index in [4.69, 9.17) is 0 Å². The van der Waals surface area contributed by atoms with Crippen LogP contribution in [0, 0.1) is 0 Å². The lowest BCUT2D eigenvalue weighted by atomic mass is 10.0. The van der Waals surface area contributed by atoms with Gasteiger partial charge in [0, 0.05) is 19.8 Å². The Labute approximate surface area is 113 Å². The first-order valence-electron chi connectivity index (χ1n) is 5.58. The molecule has 0 aromatic heterocycles. The number of alkyl halides is 3. The second-order valence-corrected chi connectivity index (χ2v) is 3.95. The third-order valence-electron chi connectivity index (χ3n) is 2.54. The Balaban J connectivity index is 2.86. The zero-order valence-electron chi connectivity index (χ0n) is 10.9. The molecule has 0 radical (unpaired) electrons. The molecule has 0 aliphatic carbocycles. The third-order valence-corrected chi connectivity index (χ3v) is 2.54. The van der Waals surface area contributed by atoms with Crippen molar-refractivity contribution in [3.63, 3.8) is 0 Å². The highest BCUT2D eigenvalue weighted by atomic mass is 19.4. The predicted octanol–water partition coefficient (Wildman–Crippen LogP) is 2.47. The molecule has 0 N–H and O–H groups in total. The van der Waals surface area contributed by atoms with Crippen LogP contribution in [0.1, 0.15) is 22.3 Å². The molecular weight excluding hydrogens is 277 g/mol. The van der Waals surface area contributed by atoms with Gasteiger partial charge in [-0.05, 0) is 12.1 Å².